The zero-order chi connectivity index (χ0) is 17.8. The van der Waals surface area contributed by atoms with Gasteiger partial charge < -0.3 is 10.2 Å². The first-order valence-corrected chi connectivity index (χ1v) is 8.80. The molecule has 2 amide bonds. The Hall–Kier alpha value is -2.62. The van der Waals surface area contributed by atoms with E-state index in [0.717, 1.165) is 17.7 Å². The van der Waals surface area contributed by atoms with Crippen molar-refractivity contribution in [1.82, 2.24) is 5.32 Å². The van der Waals surface area contributed by atoms with Crippen LogP contribution in [0, 0.1) is 5.92 Å². The molecule has 0 radical (unpaired) electrons. The number of carbonyl (C=O) groups excluding carboxylic acids is 2. The summed E-state index contributed by atoms with van der Waals surface area (Å²) >= 11 is 0. The molecule has 0 fully saturated rings. The molecule has 4 nitrogen and oxygen atoms in total. The van der Waals surface area contributed by atoms with Crippen LogP contribution in [-0.4, -0.2) is 18.4 Å². The van der Waals surface area contributed by atoms with Gasteiger partial charge in [0.05, 0.1) is 0 Å². The Morgan fingerprint density at radius 1 is 1.12 bits per heavy atom. The quantitative estimate of drug-likeness (QED) is 0.908. The van der Waals surface area contributed by atoms with E-state index < -0.39 is 0 Å². The van der Waals surface area contributed by atoms with Gasteiger partial charge in [-0.25, -0.2) is 0 Å². The second kappa shape index (κ2) is 7.51. The Bertz CT molecular complexity index is 769. The SMILES string of the molecule is CC(C)CC(=O)NCc1ccc2c(c1)N(C(=O)c1ccccc1)CC2. The summed E-state index contributed by atoms with van der Waals surface area (Å²) in [6.07, 6.45) is 1.40. The number of nitrogens with one attached hydrogen (secondary N) is 1. The van der Waals surface area contributed by atoms with Gasteiger partial charge in [0, 0.05) is 30.8 Å². The van der Waals surface area contributed by atoms with E-state index in [1.165, 1.54) is 5.56 Å². The van der Waals surface area contributed by atoms with E-state index in [-0.39, 0.29) is 11.8 Å². The van der Waals surface area contributed by atoms with Gasteiger partial charge in [-0.2, -0.15) is 0 Å². The third kappa shape index (κ3) is 4.08. The molecule has 1 heterocycles. The van der Waals surface area contributed by atoms with Crippen LogP contribution in [0.15, 0.2) is 48.5 Å². The topological polar surface area (TPSA) is 49.4 Å². The lowest BCUT2D eigenvalue weighted by molar-refractivity contribution is -0.121. The zero-order valence-electron chi connectivity index (χ0n) is 14.8. The zero-order valence-corrected chi connectivity index (χ0v) is 14.8. The second-order valence-corrected chi connectivity index (χ2v) is 6.91. The minimum absolute atomic E-state index is 0.0281. The largest absolute Gasteiger partial charge is 0.352 e. The smallest absolute Gasteiger partial charge is 0.258 e. The molecule has 0 saturated carbocycles. The molecule has 0 saturated heterocycles. The van der Waals surface area contributed by atoms with Crippen molar-refractivity contribution in [3.8, 4) is 0 Å². The molecular weight excluding hydrogens is 312 g/mol. The molecule has 0 bridgehead atoms. The lowest BCUT2D eigenvalue weighted by atomic mass is 10.1. The van der Waals surface area contributed by atoms with Gasteiger partial charge in [0.1, 0.15) is 0 Å². The van der Waals surface area contributed by atoms with Gasteiger partial charge in [0.15, 0.2) is 0 Å². The van der Waals surface area contributed by atoms with E-state index in [0.29, 0.717) is 31.0 Å². The molecule has 2 aromatic rings. The highest BCUT2D eigenvalue weighted by molar-refractivity contribution is 6.07. The van der Waals surface area contributed by atoms with Crippen molar-refractivity contribution < 1.29 is 9.59 Å². The third-order valence-corrected chi connectivity index (χ3v) is 4.39. The molecule has 130 valence electrons. The first-order chi connectivity index (χ1) is 12.0. The molecule has 1 N–H and O–H groups in total. The van der Waals surface area contributed by atoms with Gasteiger partial charge in [0.25, 0.3) is 5.91 Å². The van der Waals surface area contributed by atoms with Crippen molar-refractivity contribution in [2.75, 3.05) is 11.4 Å². The maximum atomic E-state index is 12.8. The first kappa shape index (κ1) is 17.2. The normalized spacial score (nSPS) is 13.0. The molecule has 3 rings (SSSR count). The maximum Gasteiger partial charge on any atom is 0.258 e. The van der Waals surface area contributed by atoms with Crippen molar-refractivity contribution >= 4 is 17.5 Å². The Morgan fingerprint density at radius 3 is 2.60 bits per heavy atom. The Balaban J connectivity index is 1.73. The van der Waals surface area contributed by atoms with Gasteiger partial charge in [-0.3, -0.25) is 9.59 Å². The molecule has 0 spiro atoms. The summed E-state index contributed by atoms with van der Waals surface area (Å²) in [5.41, 5.74) is 3.86. The molecule has 0 atom stereocenters. The minimum Gasteiger partial charge on any atom is -0.352 e. The van der Waals surface area contributed by atoms with E-state index in [1.54, 1.807) is 0 Å². The Morgan fingerprint density at radius 2 is 1.88 bits per heavy atom. The van der Waals surface area contributed by atoms with Crippen LogP contribution < -0.4 is 10.2 Å². The van der Waals surface area contributed by atoms with Gasteiger partial charge >= 0.3 is 0 Å². The predicted octanol–water partition coefficient (Wildman–Crippen LogP) is 3.55. The molecule has 0 aromatic heterocycles. The fraction of sp³-hybridized carbons (Fsp3) is 0.333. The van der Waals surface area contributed by atoms with E-state index in [9.17, 15) is 9.59 Å². The number of hydrogen-bond acceptors (Lipinski definition) is 2. The summed E-state index contributed by atoms with van der Waals surface area (Å²) in [4.78, 5) is 26.4. The molecule has 4 heteroatoms. The van der Waals surface area contributed by atoms with Gasteiger partial charge in [0.2, 0.25) is 5.91 Å². The van der Waals surface area contributed by atoms with Crippen LogP contribution in [0.2, 0.25) is 0 Å². The summed E-state index contributed by atoms with van der Waals surface area (Å²) < 4.78 is 0. The van der Waals surface area contributed by atoms with Crippen LogP contribution in [0.25, 0.3) is 0 Å². The summed E-state index contributed by atoms with van der Waals surface area (Å²) in [7, 11) is 0. The lowest BCUT2D eigenvalue weighted by Gasteiger charge is -2.18. The molecule has 25 heavy (non-hydrogen) atoms. The van der Waals surface area contributed by atoms with Gasteiger partial charge in [-0.1, -0.05) is 44.2 Å². The Kier molecular flexibility index (Phi) is 5.17. The van der Waals surface area contributed by atoms with E-state index in [2.05, 4.69) is 11.4 Å². The average molecular weight is 336 g/mol. The van der Waals surface area contributed by atoms with Crippen LogP contribution in [-0.2, 0) is 17.8 Å². The van der Waals surface area contributed by atoms with Crippen molar-refractivity contribution in [3.05, 3.63) is 65.2 Å². The average Bonchev–Trinajstić information content (AvgIpc) is 3.02. The summed E-state index contributed by atoms with van der Waals surface area (Å²) in [5.74, 6) is 0.437. The van der Waals surface area contributed by atoms with Crippen LogP contribution in [0.4, 0.5) is 5.69 Å². The van der Waals surface area contributed by atoms with E-state index in [4.69, 9.17) is 0 Å². The fourth-order valence-electron chi connectivity index (χ4n) is 3.13. The highest BCUT2D eigenvalue weighted by Gasteiger charge is 2.25. The third-order valence-electron chi connectivity index (χ3n) is 4.39. The van der Waals surface area contributed by atoms with Crippen molar-refractivity contribution in [1.29, 1.82) is 0 Å². The van der Waals surface area contributed by atoms with Crippen molar-refractivity contribution in [3.63, 3.8) is 0 Å². The van der Waals surface area contributed by atoms with E-state index >= 15 is 0 Å². The van der Waals surface area contributed by atoms with Gasteiger partial charge in [-0.05, 0) is 41.7 Å². The van der Waals surface area contributed by atoms with Crippen molar-refractivity contribution in [2.24, 2.45) is 5.92 Å². The molecule has 0 aliphatic carbocycles. The molecule has 1 aliphatic heterocycles. The van der Waals surface area contributed by atoms with Crippen LogP contribution in [0.3, 0.4) is 0 Å². The number of hydrogen-bond donors (Lipinski definition) is 1. The number of rotatable bonds is 5. The van der Waals surface area contributed by atoms with Gasteiger partial charge in [-0.15, -0.1) is 0 Å². The number of anilines is 1. The highest BCUT2D eigenvalue weighted by atomic mass is 16.2. The lowest BCUT2D eigenvalue weighted by Crippen LogP contribution is -2.29. The molecular formula is C21H24N2O2. The standard InChI is InChI=1S/C21H24N2O2/c1-15(2)12-20(24)22-14-16-8-9-17-10-11-23(19(17)13-16)21(25)18-6-4-3-5-7-18/h3-9,13,15H,10-12,14H2,1-2H3,(H,22,24). The number of carbonyl (C=O) groups is 2. The summed E-state index contributed by atoms with van der Waals surface area (Å²) in [6, 6.07) is 15.5. The first-order valence-electron chi connectivity index (χ1n) is 8.80. The van der Waals surface area contributed by atoms with Crippen molar-refractivity contribution in [2.45, 2.75) is 33.2 Å². The fourth-order valence-corrected chi connectivity index (χ4v) is 3.13. The minimum atomic E-state index is 0.0281. The number of nitrogens with zero attached hydrogens (tertiary/aromatic N) is 1. The second-order valence-electron chi connectivity index (χ2n) is 6.91. The Labute approximate surface area is 148 Å². The molecule has 2 aromatic carbocycles. The monoisotopic (exact) mass is 336 g/mol. The van der Waals surface area contributed by atoms with Crippen LogP contribution in [0.5, 0.6) is 0 Å². The molecule has 1 aliphatic rings. The predicted molar refractivity (Wildman–Crippen MR) is 99.6 cm³/mol. The maximum absolute atomic E-state index is 12.8. The number of amides is 2. The number of fused-ring (bicyclic) bond motifs is 1. The summed E-state index contributed by atoms with van der Waals surface area (Å²) in [5, 5.41) is 2.95. The van der Waals surface area contributed by atoms with E-state index in [1.807, 2.05) is 61.2 Å². The highest BCUT2D eigenvalue weighted by Crippen LogP contribution is 2.30. The van der Waals surface area contributed by atoms with Crippen LogP contribution in [0.1, 0.15) is 41.8 Å². The van der Waals surface area contributed by atoms with Crippen LogP contribution >= 0.6 is 0 Å². The molecule has 0 unspecified atom stereocenters. The number of benzene rings is 2. The summed E-state index contributed by atoms with van der Waals surface area (Å²) in [6.45, 7) is 5.25.